The number of hydrogen-bond donors (Lipinski definition) is 0. The van der Waals surface area contributed by atoms with Gasteiger partial charge in [-0.2, -0.15) is 0 Å². The first-order valence-corrected chi connectivity index (χ1v) is 20.0. The molecule has 0 radical (unpaired) electrons. The molecule has 3 aromatic rings. The van der Waals surface area contributed by atoms with Gasteiger partial charge in [-0.25, -0.2) is 0 Å². The Bertz CT molecular complexity index is 913. The second-order valence-corrected chi connectivity index (χ2v) is 14.4. The lowest BCUT2D eigenvalue weighted by Crippen LogP contribution is -1.99. The fraction of sp³-hybridized carbons (Fsp3) is 0.633. The van der Waals surface area contributed by atoms with E-state index in [4.69, 9.17) is 0 Å². The van der Waals surface area contributed by atoms with Crippen LogP contribution in [-0.4, -0.2) is 0 Å². The highest BCUT2D eigenvalue weighted by Crippen LogP contribution is 2.22. The summed E-state index contributed by atoms with van der Waals surface area (Å²) in [5, 5.41) is 0. The van der Waals surface area contributed by atoms with Crippen LogP contribution in [0.2, 0.25) is 0 Å². The van der Waals surface area contributed by atoms with Crippen LogP contribution in [0.25, 0.3) is 11.1 Å². The highest BCUT2D eigenvalue weighted by atomic mass is 14.1. The van der Waals surface area contributed by atoms with Crippen LogP contribution in [0.15, 0.2) is 84.9 Å². The van der Waals surface area contributed by atoms with E-state index in [1.807, 2.05) is 38.1 Å². The molecule has 1 saturated carbocycles. The van der Waals surface area contributed by atoms with Crippen molar-refractivity contribution in [3.05, 3.63) is 96.1 Å². The molecule has 1 fully saturated rings. The molecule has 0 aliphatic heterocycles. The summed E-state index contributed by atoms with van der Waals surface area (Å²) in [4.78, 5) is 0. The van der Waals surface area contributed by atoms with E-state index in [1.165, 1.54) is 106 Å². The van der Waals surface area contributed by atoms with E-state index in [9.17, 15) is 0 Å². The summed E-state index contributed by atoms with van der Waals surface area (Å²) in [5.74, 6) is 1.04. The fourth-order valence-corrected chi connectivity index (χ4v) is 3.89. The Morgan fingerprint density at radius 2 is 0.816 bits per heavy atom. The van der Waals surface area contributed by atoms with Crippen molar-refractivity contribution in [3.8, 4) is 11.1 Å². The molecule has 0 nitrogen and oxygen atoms in total. The van der Waals surface area contributed by atoms with E-state index in [0.29, 0.717) is 5.41 Å². The van der Waals surface area contributed by atoms with Crippen LogP contribution in [0.1, 0.15) is 192 Å². The van der Waals surface area contributed by atoms with Gasteiger partial charge in [0.25, 0.3) is 0 Å². The summed E-state index contributed by atoms with van der Waals surface area (Å²) in [6.45, 7) is 32.4. The van der Waals surface area contributed by atoms with Crippen molar-refractivity contribution in [3.63, 3.8) is 0 Å². The molecule has 3 aromatic carbocycles. The molecule has 49 heavy (non-hydrogen) atoms. The Kier molecular flexibility index (Phi) is 50.0. The van der Waals surface area contributed by atoms with Crippen molar-refractivity contribution in [2.24, 2.45) is 11.3 Å². The number of unbranched alkanes of at least 4 members (excludes halogenated alkanes) is 5. The van der Waals surface area contributed by atoms with Crippen LogP contribution in [0, 0.1) is 25.2 Å². The van der Waals surface area contributed by atoms with Gasteiger partial charge >= 0.3 is 0 Å². The monoisotopic (exact) mass is 679 g/mol. The van der Waals surface area contributed by atoms with Crippen LogP contribution >= 0.6 is 0 Å². The maximum Gasteiger partial charge on any atom is -0.0184 e. The van der Waals surface area contributed by atoms with E-state index in [1.54, 1.807) is 0 Å². The van der Waals surface area contributed by atoms with E-state index < -0.39 is 0 Å². The van der Waals surface area contributed by atoms with Crippen molar-refractivity contribution in [1.29, 1.82) is 0 Å². The molecular weight excluding hydrogens is 589 g/mol. The third kappa shape index (κ3) is 52.6. The van der Waals surface area contributed by atoms with Gasteiger partial charge in [0.2, 0.25) is 0 Å². The summed E-state index contributed by atoms with van der Waals surface area (Å²) in [6.07, 6.45) is 18.3. The van der Waals surface area contributed by atoms with Crippen molar-refractivity contribution in [1.82, 2.24) is 0 Å². The minimum atomic E-state index is 0. The Hall–Kier alpha value is -2.34. The van der Waals surface area contributed by atoms with Gasteiger partial charge in [-0.05, 0) is 36.3 Å². The standard InChI is InChI=1S/C13H12.C7H14.C7H8.C7H16.C5H12.C4H10.C3H8.C2H6.CH4/c1-11-7-9-13(10-8-11)12-5-3-2-4-6-12;2*1-7-5-3-2-4-6-7;1-3-5-7-6-4-2;1-5(2,3)4;1-3-4-2;1-3-2;1-2;/h2-10H,1H3;7H,2-6H2,1H3;2-6H,1H3;3-7H2,1-2H3;1-4H3;3-4H2,1-2H3;3H2,1-2H3;1-2H3;1H4. The zero-order valence-electron chi connectivity index (χ0n) is 35.4. The molecular formula is C49H90. The topological polar surface area (TPSA) is 0 Å². The molecule has 1 aliphatic carbocycles. The smallest absolute Gasteiger partial charge is 0.0184 e. The third-order valence-electron chi connectivity index (χ3n) is 6.70. The maximum atomic E-state index is 2.36. The number of hydrogen-bond acceptors (Lipinski definition) is 0. The first kappa shape index (κ1) is 56.1. The second kappa shape index (κ2) is 43.7. The van der Waals surface area contributed by atoms with Crippen LogP contribution < -0.4 is 0 Å². The van der Waals surface area contributed by atoms with Gasteiger partial charge in [-0.3, -0.25) is 0 Å². The summed E-state index contributed by atoms with van der Waals surface area (Å²) >= 11 is 0. The van der Waals surface area contributed by atoms with Crippen molar-refractivity contribution >= 4 is 0 Å². The molecule has 0 amide bonds. The molecule has 0 bridgehead atoms. The van der Waals surface area contributed by atoms with Crippen LogP contribution in [0.4, 0.5) is 0 Å². The Balaban J connectivity index is -0.000000159. The molecule has 1 aliphatic rings. The first-order valence-electron chi connectivity index (χ1n) is 20.0. The normalized spacial score (nSPS) is 11.2. The molecule has 0 atom stereocenters. The highest BCUT2D eigenvalue weighted by molar-refractivity contribution is 5.63. The number of benzene rings is 3. The fourth-order valence-electron chi connectivity index (χ4n) is 3.89. The molecule has 0 unspecified atom stereocenters. The molecule has 0 saturated heterocycles. The molecule has 0 heterocycles. The van der Waals surface area contributed by atoms with E-state index in [0.717, 1.165) is 5.92 Å². The van der Waals surface area contributed by atoms with Gasteiger partial charge in [0.15, 0.2) is 0 Å². The van der Waals surface area contributed by atoms with E-state index in [-0.39, 0.29) is 7.43 Å². The predicted molar refractivity (Wildman–Crippen MR) is 234 cm³/mol. The molecule has 0 spiro atoms. The second-order valence-electron chi connectivity index (χ2n) is 14.4. The zero-order chi connectivity index (χ0) is 37.5. The van der Waals surface area contributed by atoms with E-state index in [2.05, 4.69) is 151 Å². The summed E-state index contributed by atoms with van der Waals surface area (Å²) in [5.41, 5.74) is 5.69. The SMILES string of the molecule is C.CC.CC(C)(C)C.CC1CCCCC1.CCC.CCCC.CCCCCCC.Cc1ccc(-c2ccccc2)cc1.Cc1ccccc1. The lowest BCUT2D eigenvalue weighted by atomic mass is 9.91. The summed E-state index contributed by atoms with van der Waals surface area (Å²) in [6, 6.07) is 29.3. The van der Waals surface area contributed by atoms with Gasteiger partial charge < -0.3 is 0 Å². The first-order chi connectivity index (χ1) is 22.9. The largest absolute Gasteiger partial charge is 0.0776 e. The average Bonchev–Trinajstić information content (AvgIpc) is 3.08. The quantitative estimate of drug-likeness (QED) is 0.228. The van der Waals surface area contributed by atoms with Crippen LogP contribution in [0.5, 0.6) is 0 Å². The van der Waals surface area contributed by atoms with Crippen molar-refractivity contribution in [2.75, 3.05) is 0 Å². The Morgan fingerprint density at radius 1 is 0.490 bits per heavy atom. The lowest BCUT2D eigenvalue weighted by Gasteiger charge is -2.15. The highest BCUT2D eigenvalue weighted by Gasteiger charge is 2.06. The molecule has 0 heteroatoms. The van der Waals surface area contributed by atoms with Gasteiger partial charge in [0.05, 0.1) is 0 Å². The summed E-state index contributed by atoms with van der Waals surface area (Å²) < 4.78 is 0. The lowest BCUT2D eigenvalue weighted by molar-refractivity contribution is 0.385. The Labute approximate surface area is 312 Å². The maximum absolute atomic E-state index is 2.36. The minimum Gasteiger partial charge on any atom is -0.0776 e. The zero-order valence-corrected chi connectivity index (χ0v) is 35.4. The van der Waals surface area contributed by atoms with Gasteiger partial charge in [-0.15, -0.1) is 0 Å². The van der Waals surface area contributed by atoms with Crippen LogP contribution in [0.3, 0.4) is 0 Å². The Morgan fingerprint density at radius 3 is 1.08 bits per heavy atom. The molecule has 4 rings (SSSR count). The number of aryl methyl sites for hydroxylation is 2. The van der Waals surface area contributed by atoms with Crippen molar-refractivity contribution < 1.29 is 0 Å². The van der Waals surface area contributed by atoms with Gasteiger partial charge in [0, 0.05) is 0 Å². The van der Waals surface area contributed by atoms with Gasteiger partial charge in [0.1, 0.15) is 0 Å². The number of rotatable bonds is 6. The predicted octanol–water partition coefficient (Wildman–Crippen LogP) is 18.2. The molecule has 286 valence electrons. The van der Waals surface area contributed by atoms with Crippen LogP contribution in [-0.2, 0) is 0 Å². The molecule has 0 N–H and O–H groups in total. The van der Waals surface area contributed by atoms with E-state index >= 15 is 0 Å². The average molecular weight is 679 g/mol. The third-order valence-corrected chi connectivity index (χ3v) is 6.70. The molecule has 0 aromatic heterocycles. The van der Waals surface area contributed by atoms with Crippen molar-refractivity contribution in [2.45, 2.75) is 195 Å². The van der Waals surface area contributed by atoms with Gasteiger partial charge in [-0.1, -0.05) is 277 Å². The summed E-state index contributed by atoms with van der Waals surface area (Å²) in [7, 11) is 0. The minimum absolute atomic E-state index is 0.